The van der Waals surface area contributed by atoms with Crippen LogP contribution in [0.4, 0.5) is 0 Å². The third-order valence-electron chi connectivity index (χ3n) is 1.19. The average Bonchev–Trinajstić information content (AvgIpc) is 1.82. The molecule has 0 aromatic rings. The van der Waals surface area contributed by atoms with Crippen molar-refractivity contribution in [1.82, 2.24) is 0 Å². The topological polar surface area (TPSA) is 80.7 Å². The molecule has 0 aromatic carbocycles. The maximum absolute atomic E-state index is 10.1. The van der Waals surface area contributed by atoms with E-state index in [-0.39, 0.29) is 25.6 Å². The van der Waals surface area contributed by atoms with E-state index in [0.29, 0.717) is 0 Å². The van der Waals surface area contributed by atoms with Crippen LogP contribution in [0.5, 0.6) is 0 Å². The van der Waals surface area contributed by atoms with Crippen molar-refractivity contribution in [2.24, 2.45) is 0 Å². The molecule has 0 radical (unpaired) electrons. The Hall–Kier alpha value is -0.160. The van der Waals surface area contributed by atoms with Crippen molar-refractivity contribution >= 4 is 18.3 Å². The van der Waals surface area contributed by atoms with Crippen LogP contribution in [0.2, 0.25) is 0 Å². The molecule has 0 spiro atoms. The van der Waals surface area contributed by atoms with Crippen LogP contribution >= 0.6 is 7.92 Å². The molecule has 0 atom stereocenters. The Balaban J connectivity index is 4.02. The monoisotopic (exact) mass is 228 g/mol. The van der Waals surface area contributed by atoms with Crippen LogP contribution in [0.15, 0.2) is 0 Å². The van der Waals surface area contributed by atoms with Gasteiger partial charge in [0.2, 0.25) is 0 Å². The van der Waals surface area contributed by atoms with Gasteiger partial charge in [0.1, 0.15) is 0 Å². The van der Waals surface area contributed by atoms with Crippen molar-refractivity contribution in [2.45, 2.75) is 0 Å². The van der Waals surface area contributed by atoms with Crippen LogP contribution in [-0.4, -0.2) is 44.7 Å². The van der Waals surface area contributed by atoms with Crippen LogP contribution in [0.25, 0.3) is 0 Å². The molecule has 0 amide bonds. The summed E-state index contributed by atoms with van der Waals surface area (Å²) in [7, 11) is -1.31. The summed E-state index contributed by atoms with van der Waals surface area (Å²) in [5.74, 6) is 2.51. The van der Waals surface area contributed by atoms with Crippen LogP contribution in [0.1, 0.15) is 0 Å². The van der Waals surface area contributed by atoms with Gasteiger partial charge >= 0.3 is 77.5 Å². The molecular weight excluding hydrogens is 217 g/mol. The molecule has 1 N–H and O–H groups in total. The Morgan fingerprint density at radius 1 is 1.54 bits per heavy atom. The Morgan fingerprint density at radius 3 is 2.46 bits per heavy atom. The Labute approximate surface area is 78.2 Å². The van der Waals surface area contributed by atoms with E-state index in [1.165, 1.54) is 0 Å². The molecule has 0 heterocycles. The zero-order valence-corrected chi connectivity index (χ0v) is 9.01. The molecular formula is C5H11NO5PS+. The second-order valence-corrected chi connectivity index (χ2v) is 4.32. The summed E-state index contributed by atoms with van der Waals surface area (Å²) in [4.78, 5) is 0. The number of likely N-dealkylation sites (N-methyl/N-ethyl adjacent to an activating group) is 1. The predicted octanol–water partition coefficient (Wildman–Crippen LogP) is 0.0906. The van der Waals surface area contributed by atoms with Crippen LogP contribution in [-0.2, 0) is 19.1 Å². The molecule has 0 unspecified atom stereocenters. The second-order valence-electron chi connectivity index (χ2n) is 2.85. The van der Waals surface area contributed by atoms with Gasteiger partial charge < -0.3 is 0 Å². The molecule has 13 heavy (non-hydrogen) atoms. The van der Waals surface area contributed by atoms with E-state index in [9.17, 15) is 13.0 Å². The van der Waals surface area contributed by atoms with Gasteiger partial charge in [-0.25, -0.2) is 0 Å². The minimum absolute atomic E-state index is 0.112. The van der Waals surface area contributed by atoms with Gasteiger partial charge in [-0.2, -0.15) is 0 Å². The Kier molecular flexibility index (Phi) is 4.85. The Bertz CT molecular complexity index is 355. The average molecular weight is 228 g/mol. The predicted molar refractivity (Wildman–Crippen MR) is 46.0 cm³/mol. The van der Waals surface area contributed by atoms with Crippen LogP contribution in [0, 0.1) is 5.75 Å². The Morgan fingerprint density at radius 2 is 2.08 bits per heavy atom. The van der Waals surface area contributed by atoms with Gasteiger partial charge in [0.05, 0.1) is 0 Å². The quantitative estimate of drug-likeness (QED) is 0.419. The van der Waals surface area contributed by atoms with Crippen molar-refractivity contribution in [3.05, 3.63) is 0 Å². The van der Waals surface area contributed by atoms with Gasteiger partial charge in [0.25, 0.3) is 0 Å². The van der Waals surface area contributed by atoms with Crippen molar-refractivity contribution in [1.29, 1.82) is 0 Å². The van der Waals surface area contributed by atoms with Gasteiger partial charge in [0.15, 0.2) is 0 Å². The summed E-state index contributed by atoms with van der Waals surface area (Å²) < 4.78 is 42.8. The molecule has 0 saturated heterocycles. The summed E-state index contributed by atoms with van der Waals surface area (Å²) in [5.41, 5.74) is 0. The van der Waals surface area contributed by atoms with Crippen molar-refractivity contribution < 1.29 is 26.2 Å². The van der Waals surface area contributed by atoms with E-state index in [2.05, 4.69) is 9.93 Å². The van der Waals surface area contributed by atoms with Crippen molar-refractivity contribution in [3.63, 3.8) is 0 Å². The molecule has 6 nitrogen and oxygen atoms in total. The van der Waals surface area contributed by atoms with E-state index < -0.39 is 10.4 Å². The standard InChI is InChI=1S/C5H10NO5PS/c1-6(2,5-12-7)3-4-11-13(8,9)10/h3-4H2,1-2H3/p+1. The molecule has 0 saturated carbocycles. The molecule has 0 fully saturated rings. The zero-order valence-electron chi connectivity index (χ0n) is 7.30. The summed E-state index contributed by atoms with van der Waals surface area (Å²) in [5, 5.41) is 0. The van der Waals surface area contributed by atoms with E-state index in [4.69, 9.17) is 4.55 Å². The minimum atomic E-state index is -4.38. The third kappa shape index (κ3) is 8.18. The van der Waals surface area contributed by atoms with Gasteiger partial charge in [-0.3, -0.25) is 0 Å². The van der Waals surface area contributed by atoms with Gasteiger partial charge in [-0.05, 0) is 0 Å². The van der Waals surface area contributed by atoms with E-state index in [1.54, 1.807) is 14.1 Å². The second kappa shape index (κ2) is 4.91. The van der Waals surface area contributed by atoms with Gasteiger partial charge in [0, 0.05) is 0 Å². The van der Waals surface area contributed by atoms with Crippen molar-refractivity contribution in [3.8, 4) is 5.75 Å². The number of quaternary nitrogens is 1. The molecule has 0 aliphatic carbocycles. The fourth-order valence-corrected chi connectivity index (χ4v) is 1.14. The molecule has 0 bridgehead atoms. The number of hydrogen-bond donors (Lipinski definition) is 1. The molecule has 0 rings (SSSR count). The number of rotatable bonds is 4. The van der Waals surface area contributed by atoms with Crippen molar-refractivity contribution in [2.75, 3.05) is 27.2 Å². The summed E-state index contributed by atoms with van der Waals surface area (Å²) in [6, 6.07) is 0. The molecule has 0 aliphatic heterocycles. The van der Waals surface area contributed by atoms with Crippen LogP contribution < -0.4 is 0 Å². The first kappa shape index (κ1) is 12.8. The molecule has 76 valence electrons. The van der Waals surface area contributed by atoms with Crippen LogP contribution in [0.3, 0.4) is 0 Å². The zero-order chi connectivity index (χ0) is 10.5. The normalized spacial score (nSPS) is 12.2. The number of hydrogen-bond acceptors (Lipinski definition) is 4. The molecule has 0 aromatic heterocycles. The molecule has 0 aliphatic rings. The SMILES string of the molecule is C[N+](C)(C#P=O)CCOS(=O)(=O)O. The fraction of sp³-hybridized carbons (Fsp3) is 0.800. The summed E-state index contributed by atoms with van der Waals surface area (Å²) >= 11 is 0. The number of nitrogens with zero attached hydrogens (tertiary/aromatic N) is 1. The van der Waals surface area contributed by atoms with Gasteiger partial charge in [-0.1, -0.05) is 0 Å². The fourth-order valence-electron chi connectivity index (χ4n) is 0.531. The summed E-state index contributed by atoms with van der Waals surface area (Å²) in [6.07, 6.45) is 0. The summed E-state index contributed by atoms with van der Waals surface area (Å²) in [6.45, 7) is 0.0589. The first-order chi connectivity index (χ1) is 5.77. The first-order valence-electron chi connectivity index (χ1n) is 3.31. The maximum atomic E-state index is 10.1. The van der Waals surface area contributed by atoms with Gasteiger partial charge in [-0.15, -0.1) is 0 Å². The first-order valence-corrected chi connectivity index (χ1v) is 5.49. The van der Waals surface area contributed by atoms with E-state index in [1.807, 2.05) is 0 Å². The molecule has 8 heteroatoms. The van der Waals surface area contributed by atoms with E-state index >= 15 is 0 Å². The third-order valence-corrected chi connectivity index (χ3v) is 2.28. The van der Waals surface area contributed by atoms with E-state index in [0.717, 1.165) is 0 Å².